The Balaban J connectivity index is 2.75. The Bertz CT molecular complexity index is 488. The van der Waals surface area contributed by atoms with Crippen LogP contribution in [0, 0.1) is 6.07 Å². The zero-order valence-corrected chi connectivity index (χ0v) is 8.96. The molecule has 17 heavy (non-hydrogen) atoms. The molecule has 0 amide bonds. The normalized spacial score (nSPS) is 9.18. The largest absolute Gasteiger partial charge is 0.481 e. The van der Waals surface area contributed by atoms with Crippen LogP contribution in [0.15, 0.2) is 18.3 Å². The van der Waals surface area contributed by atoms with Gasteiger partial charge in [0.2, 0.25) is 0 Å². The summed E-state index contributed by atoms with van der Waals surface area (Å²) in [6.07, 6.45) is 1.38. The van der Waals surface area contributed by atoms with Gasteiger partial charge in [0.05, 0.1) is 19.3 Å². The third-order valence-electron chi connectivity index (χ3n) is 1.84. The summed E-state index contributed by atoms with van der Waals surface area (Å²) < 4.78 is 0. The van der Waals surface area contributed by atoms with Gasteiger partial charge in [-0.2, -0.15) is 0 Å². The van der Waals surface area contributed by atoms with E-state index in [1.165, 1.54) is 6.20 Å². The Kier molecular flexibility index (Phi) is 4.63. The second kappa shape index (κ2) is 6.23. The van der Waals surface area contributed by atoms with Crippen LogP contribution < -0.4 is 0 Å². The van der Waals surface area contributed by atoms with E-state index < -0.39 is 11.9 Å². The average molecular weight is 235 g/mol. The summed E-state index contributed by atoms with van der Waals surface area (Å²) >= 11 is 0. The zero-order valence-electron chi connectivity index (χ0n) is 8.96. The number of pyridine rings is 1. The first kappa shape index (κ1) is 12.6. The van der Waals surface area contributed by atoms with Crippen LogP contribution in [-0.2, 0) is 16.0 Å². The number of carboxylic acid groups (broad SMARTS) is 2. The van der Waals surface area contributed by atoms with Crippen molar-refractivity contribution in [2.45, 2.75) is 19.3 Å². The van der Waals surface area contributed by atoms with E-state index in [4.69, 9.17) is 10.2 Å². The highest BCUT2D eigenvalue weighted by Crippen LogP contribution is 2.16. The van der Waals surface area contributed by atoms with Crippen molar-refractivity contribution in [3.63, 3.8) is 0 Å². The molecule has 1 rings (SSSR count). The first-order valence-corrected chi connectivity index (χ1v) is 4.90. The van der Waals surface area contributed by atoms with Crippen molar-refractivity contribution in [3.8, 4) is 6.07 Å². The Morgan fingerprint density at radius 2 is 2.12 bits per heavy atom. The lowest BCUT2D eigenvalue weighted by atomic mass is 10.2. The molecule has 0 saturated carbocycles. The predicted molar refractivity (Wildman–Crippen MR) is 59.4 cm³/mol. The summed E-state index contributed by atoms with van der Waals surface area (Å²) in [6.45, 7) is 0. The molecule has 1 heterocycles. The second-order valence-corrected chi connectivity index (χ2v) is 3.20. The fourth-order valence-corrected chi connectivity index (χ4v) is 1.11. The molecule has 6 heteroatoms. The van der Waals surface area contributed by atoms with Crippen molar-refractivity contribution in [2.75, 3.05) is 0 Å². The van der Waals surface area contributed by atoms with Crippen LogP contribution in [0.3, 0.4) is 0 Å². The van der Waals surface area contributed by atoms with Gasteiger partial charge in [-0.25, -0.2) is 0 Å². The molecule has 0 aliphatic heterocycles. The summed E-state index contributed by atoms with van der Waals surface area (Å²) in [6, 6.07) is 5.80. The number of nitrogens with zero attached hydrogens (tertiary/aromatic N) is 2. The summed E-state index contributed by atoms with van der Waals surface area (Å²) in [5.41, 5.74) is 0.739. The molecule has 0 aliphatic rings. The van der Waals surface area contributed by atoms with Gasteiger partial charge >= 0.3 is 17.6 Å². The fourth-order valence-electron chi connectivity index (χ4n) is 1.11. The maximum absolute atomic E-state index is 10.6. The molecule has 1 aromatic rings. The highest BCUT2D eigenvalue weighted by atomic mass is 16.4. The summed E-state index contributed by atoms with van der Waals surface area (Å²) in [5, 5.41) is 17.1. The van der Waals surface area contributed by atoms with E-state index in [1.807, 2.05) is 0 Å². The molecule has 2 N–H and O–H groups in total. The molecule has 88 valence electrons. The molecule has 0 unspecified atom stereocenters. The van der Waals surface area contributed by atoms with E-state index in [0.717, 1.165) is 0 Å². The van der Waals surface area contributed by atoms with Crippen LogP contribution >= 0.6 is 0 Å². The summed E-state index contributed by atoms with van der Waals surface area (Å²) in [7, 11) is 0. The van der Waals surface area contributed by atoms with Crippen molar-refractivity contribution >= 4 is 17.6 Å². The lowest BCUT2D eigenvalue weighted by Crippen LogP contribution is -2.01. The number of aromatic nitrogens is 1. The fraction of sp³-hybridized carbons (Fsp3) is 0.273. The van der Waals surface area contributed by atoms with Crippen molar-refractivity contribution in [1.29, 1.82) is 0 Å². The van der Waals surface area contributed by atoms with E-state index in [1.54, 1.807) is 12.1 Å². The second-order valence-electron chi connectivity index (χ2n) is 3.20. The first-order valence-electron chi connectivity index (χ1n) is 4.90. The number of hydrogen-bond acceptors (Lipinski definition) is 3. The van der Waals surface area contributed by atoms with E-state index in [0.29, 0.717) is 11.4 Å². The average Bonchev–Trinajstić information content (AvgIpc) is 2.25. The minimum atomic E-state index is -0.995. The standard InChI is InChI=1S/C11H10N2O4/c14-10(15)4-2-6-12-8-3-1-5-13-9(8)7-11(16)17/h1,3,5H,2,4,7H2,(H-,14,15,16,17)/p+1. The predicted octanol–water partition coefficient (Wildman–Crippen LogP) is 1.54. The number of carbonyl (C=O) groups is 2. The maximum atomic E-state index is 10.6. The van der Waals surface area contributed by atoms with Crippen LogP contribution in [0.25, 0.3) is 4.85 Å². The smallest absolute Gasteiger partial charge is 0.362 e. The number of aliphatic carboxylic acids is 2. The minimum Gasteiger partial charge on any atom is -0.481 e. The highest BCUT2D eigenvalue weighted by Gasteiger charge is 2.14. The molecule has 0 spiro atoms. The quantitative estimate of drug-likeness (QED) is 0.825. The van der Waals surface area contributed by atoms with Crippen molar-refractivity contribution in [2.24, 2.45) is 0 Å². The Morgan fingerprint density at radius 1 is 1.35 bits per heavy atom. The third kappa shape index (κ3) is 4.75. The molecule has 0 saturated heterocycles. The van der Waals surface area contributed by atoms with Crippen LogP contribution in [-0.4, -0.2) is 27.1 Å². The van der Waals surface area contributed by atoms with Gasteiger partial charge in [-0.3, -0.25) is 14.6 Å². The summed E-state index contributed by atoms with van der Waals surface area (Å²) in [5.74, 6) is -1.92. The van der Waals surface area contributed by atoms with Crippen LogP contribution in [0.5, 0.6) is 0 Å². The van der Waals surface area contributed by atoms with Crippen molar-refractivity contribution in [1.82, 2.24) is 4.98 Å². The Labute approximate surface area is 97.4 Å². The van der Waals surface area contributed by atoms with Gasteiger partial charge in [0.25, 0.3) is 6.07 Å². The lowest BCUT2D eigenvalue weighted by molar-refractivity contribution is -0.137. The van der Waals surface area contributed by atoms with E-state index in [-0.39, 0.29) is 19.3 Å². The summed E-state index contributed by atoms with van der Waals surface area (Å²) in [4.78, 5) is 28.6. The Hall–Kier alpha value is -2.42. The highest BCUT2D eigenvalue weighted by molar-refractivity contribution is 5.72. The van der Waals surface area contributed by atoms with Crippen LogP contribution in [0.1, 0.15) is 18.5 Å². The third-order valence-corrected chi connectivity index (χ3v) is 1.84. The van der Waals surface area contributed by atoms with Crippen LogP contribution in [0.2, 0.25) is 0 Å². The van der Waals surface area contributed by atoms with E-state index in [9.17, 15) is 9.59 Å². The molecule has 1 aromatic heterocycles. The molecule has 0 radical (unpaired) electrons. The molecule has 0 atom stereocenters. The topological polar surface area (TPSA) is 91.9 Å². The number of carboxylic acids is 2. The van der Waals surface area contributed by atoms with E-state index >= 15 is 0 Å². The molecule has 0 aromatic carbocycles. The van der Waals surface area contributed by atoms with Crippen LogP contribution in [0.4, 0.5) is 5.69 Å². The number of hydrogen-bond donors (Lipinski definition) is 2. The van der Waals surface area contributed by atoms with E-state index in [2.05, 4.69) is 15.9 Å². The molecule has 0 bridgehead atoms. The first-order chi connectivity index (χ1) is 8.09. The lowest BCUT2D eigenvalue weighted by Gasteiger charge is -1.91. The Morgan fingerprint density at radius 3 is 2.76 bits per heavy atom. The SMILES string of the molecule is O=C(O)CCC#[N+]c1cccnc1CC(=O)O. The van der Waals surface area contributed by atoms with Gasteiger partial charge in [0.15, 0.2) is 0 Å². The molecular formula is C11H11N2O4+. The van der Waals surface area contributed by atoms with Gasteiger partial charge in [0.1, 0.15) is 5.69 Å². The van der Waals surface area contributed by atoms with Gasteiger partial charge in [-0.05, 0) is 10.9 Å². The van der Waals surface area contributed by atoms with Gasteiger partial charge in [-0.1, -0.05) is 0 Å². The number of rotatable bonds is 4. The van der Waals surface area contributed by atoms with Crippen molar-refractivity contribution in [3.05, 3.63) is 28.9 Å². The minimum absolute atomic E-state index is 0.0575. The zero-order chi connectivity index (χ0) is 12.7. The molecule has 0 fully saturated rings. The van der Waals surface area contributed by atoms with Crippen molar-refractivity contribution < 1.29 is 19.8 Å². The molecule has 0 aliphatic carbocycles. The molecular weight excluding hydrogens is 224 g/mol. The van der Waals surface area contributed by atoms with Gasteiger partial charge < -0.3 is 10.2 Å². The van der Waals surface area contributed by atoms with Gasteiger partial charge in [-0.15, -0.1) is 0 Å². The molecule has 6 nitrogen and oxygen atoms in total. The van der Waals surface area contributed by atoms with Gasteiger partial charge in [0, 0.05) is 12.3 Å². The maximum Gasteiger partial charge on any atom is 0.362 e. The monoisotopic (exact) mass is 235 g/mol.